The molecule has 2 aromatic rings. The van der Waals surface area contributed by atoms with Gasteiger partial charge in [0, 0.05) is 12.1 Å². The number of hydrogen-bond acceptors (Lipinski definition) is 5. The van der Waals surface area contributed by atoms with E-state index in [9.17, 15) is 9.18 Å². The van der Waals surface area contributed by atoms with Gasteiger partial charge >= 0.3 is 0 Å². The molecule has 0 unspecified atom stereocenters. The molecule has 0 saturated heterocycles. The molecule has 0 radical (unpaired) electrons. The number of benzene rings is 1. The Morgan fingerprint density at radius 1 is 1.30 bits per heavy atom. The minimum atomic E-state index is -0.410. The molecule has 2 N–H and O–H groups in total. The van der Waals surface area contributed by atoms with Crippen molar-refractivity contribution < 1.29 is 9.18 Å². The molecule has 1 aromatic carbocycles. The third kappa shape index (κ3) is 4.43. The maximum Gasteiger partial charge on any atom is 0.233 e. The van der Waals surface area contributed by atoms with Crippen LogP contribution in [0.4, 0.5) is 4.39 Å². The van der Waals surface area contributed by atoms with Gasteiger partial charge in [-0.2, -0.15) is 0 Å². The molecule has 1 heterocycles. The molecule has 1 fully saturated rings. The quantitative estimate of drug-likeness (QED) is 0.603. The van der Waals surface area contributed by atoms with Crippen LogP contribution in [0.25, 0.3) is 11.4 Å². The van der Waals surface area contributed by atoms with Crippen molar-refractivity contribution in [3.05, 3.63) is 30.1 Å². The number of nitrogens with two attached hydrogens (primary N) is 1. The smallest absolute Gasteiger partial charge is 0.233 e. The Morgan fingerprint density at radius 2 is 2.00 bits per heavy atom. The van der Waals surface area contributed by atoms with Crippen LogP contribution in [0.5, 0.6) is 0 Å². The first-order chi connectivity index (χ1) is 13.0. The van der Waals surface area contributed by atoms with Crippen LogP contribution in [0.1, 0.15) is 46.0 Å². The lowest BCUT2D eigenvalue weighted by molar-refractivity contribution is -0.133. The number of thioether (sulfide) groups is 1. The minimum Gasteiger partial charge on any atom is -0.337 e. The molecular formula is C19H26FN5OS. The molecule has 0 aliphatic heterocycles. The predicted molar refractivity (Wildman–Crippen MR) is 105 cm³/mol. The first-order valence-corrected chi connectivity index (χ1v) is 10.4. The molecule has 3 rings (SSSR count). The van der Waals surface area contributed by atoms with Crippen LogP contribution in [0.15, 0.2) is 29.4 Å². The average Bonchev–Trinajstić information content (AvgIpc) is 3.01. The molecule has 0 spiro atoms. The second kappa shape index (κ2) is 8.73. The molecule has 6 nitrogen and oxygen atoms in total. The van der Waals surface area contributed by atoms with Gasteiger partial charge in [0.2, 0.25) is 11.1 Å². The number of carbonyl (C=O) groups excluding carboxylic acids is 1. The summed E-state index contributed by atoms with van der Waals surface area (Å²) in [7, 11) is 0. The second-order valence-corrected chi connectivity index (χ2v) is 8.07. The Bertz CT molecular complexity index is 788. The molecule has 1 aromatic heterocycles. The maximum atomic E-state index is 14.0. The van der Waals surface area contributed by atoms with E-state index in [0.29, 0.717) is 11.2 Å². The number of carbonyl (C=O) groups is 1. The van der Waals surface area contributed by atoms with Crippen LogP contribution in [0.3, 0.4) is 0 Å². The first-order valence-electron chi connectivity index (χ1n) is 9.38. The maximum absolute atomic E-state index is 14.0. The molecule has 0 bridgehead atoms. The van der Waals surface area contributed by atoms with Gasteiger partial charge in [-0.25, -0.2) is 9.07 Å². The molecule has 1 aliphatic carbocycles. The van der Waals surface area contributed by atoms with E-state index >= 15 is 0 Å². The normalized spacial score (nSPS) is 15.3. The average molecular weight is 392 g/mol. The number of hydrogen-bond donors (Lipinski definition) is 1. The van der Waals surface area contributed by atoms with Crippen LogP contribution in [-0.4, -0.2) is 43.5 Å². The van der Waals surface area contributed by atoms with Gasteiger partial charge in [-0.15, -0.1) is 10.2 Å². The molecule has 27 heavy (non-hydrogen) atoms. The van der Waals surface area contributed by atoms with Crippen molar-refractivity contribution in [3.8, 4) is 11.4 Å². The van der Waals surface area contributed by atoms with Crippen molar-refractivity contribution >= 4 is 17.7 Å². The van der Waals surface area contributed by atoms with Crippen LogP contribution >= 0.6 is 11.8 Å². The SMILES string of the molecule is CC(C)N(C(=O)CSc1nnc(-c2ccccc2F)n1N)C1CCCCC1. The van der Waals surface area contributed by atoms with Gasteiger partial charge in [-0.3, -0.25) is 4.79 Å². The molecule has 8 heteroatoms. The van der Waals surface area contributed by atoms with Crippen LogP contribution < -0.4 is 5.84 Å². The van der Waals surface area contributed by atoms with Crippen LogP contribution in [0, 0.1) is 5.82 Å². The monoisotopic (exact) mass is 391 g/mol. The number of nitrogen functional groups attached to an aromatic ring is 1. The van der Waals surface area contributed by atoms with Gasteiger partial charge < -0.3 is 10.7 Å². The van der Waals surface area contributed by atoms with Crippen molar-refractivity contribution in [1.82, 2.24) is 19.8 Å². The van der Waals surface area contributed by atoms with Crippen molar-refractivity contribution in [2.75, 3.05) is 11.6 Å². The number of nitrogens with zero attached hydrogens (tertiary/aromatic N) is 4. The molecular weight excluding hydrogens is 365 g/mol. The highest BCUT2D eigenvalue weighted by atomic mass is 32.2. The van der Waals surface area contributed by atoms with Crippen molar-refractivity contribution in [3.63, 3.8) is 0 Å². The van der Waals surface area contributed by atoms with Gasteiger partial charge in [0.15, 0.2) is 5.82 Å². The van der Waals surface area contributed by atoms with Crippen LogP contribution in [0.2, 0.25) is 0 Å². The Labute approximate surface area is 163 Å². The van der Waals surface area contributed by atoms with Crippen LogP contribution in [-0.2, 0) is 4.79 Å². The lowest BCUT2D eigenvalue weighted by atomic mass is 9.93. The summed E-state index contributed by atoms with van der Waals surface area (Å²) in [5.41, 5.74) is 0.289. The highest BCUT2D eigenvalue weighted by Crippen LogP contribution is 2.27. The highest BCUT2D eigenvalue weighted by Gasteiger charge is 2.28. The molecule has 146 valence electrons. The second-order valence-electron chi connectivity index (χ2n) is 7.13. The number of amides is 1. The Kier molecular flexibility index (Phi) is 6.36. The zero-order chi connectivity index (χ0) is 19.4. The van der Waals surface area contributed by atoms with Crippen molar-refractivity contribution in [2.24, 2.45) is 0 Å². The molecule has 1 aliphatic rings. The van der Waals surface area contributed by atoms with Gasteiger partial charge in [0.1, 0.15) is 5.82 Å². The minimum absolute atomic E-state index is 0.0809. The zero-order valence-corrected chi connectivity index (χ0v) is 16.6. The highest BCUT2D eigenvalue weighted by molar-refractivity contribution is 7.99. The van der Waals surface area contributed by atoms with Gasteiger partial charge in [-0.05, 0) is 38.8 Å². The fraction of sp³-hybridized carbons (Fsp3) is 0.526. The van der Waals surface area contributed by atoms with Crippen molar-refractivity contribution in [2.45, 2.75) is 63.2 Å². The Morgan fingerprint density at radius 3 is 2.67 bits per heavy atom. The lowest BCUT2D eigenvalue weighted by Gasteiger charge is -2.37. The van der Waals surface area contributed by atoms with E-state index in [2.05, 4.69) is 24.0 Å². The zero-order valence-electron chi connectivity index (χ0n) is 15.8. The fourth-order valence-electron chi connectivity index (χ4n) is 3.67. The molecule has 0 atom stereocenters. The third-order valence-electron chi connectivity index (χ3n) is 4.92. The summed E-state index contributed by atoms with van der Waals surface area (Å²) in [5, 5.41) is 8.43. The number of aromatic nitrogens is 3. The molecule has 1 amide bonds. The van der Waals surface area contributed by atoms with Gasteiger partial charge in [-0.1, -0.05) is 43.2 Å². The van der Waals surface area contributed by atoms with Crippen molar-refractivity contribution in [1.29, 1.82) is 0 Å². The summed E-state index contributed by atoms with van der Waals surface area (Å²) in [6.45, 7) is 4.11. The van der Waals surface area contributed by atoms with E-state index in [1.165, 1.54) is 41.8 Å². The predicted octanol–water partition coefficient (Wildman–Crippen LogP) is 3.46. The standard InChI is InChI=1S/C19H26FN5OS/c1-13(2)24(14-8-4-3-5-9-14)17(26)12-27-19-23-22-18(25(19)21)15-10-6-7-11-16(15)20/h6-7,10-11,13-14H,3-5,8-9,12,21H2,1-2H3. The fourth-order valence-corrected chi connectivity index (χ4v) is 4.40. The van der Waals surface area contributed by atoms with Gasteiger partial charge in [0.05, 0.1) is 11.3 Å². The Balaban J connectivity index is 1.69. The summed E-state index contributed by atoms with van der Waals surface area (Å²) >= 11 is 1.24. The first kappa shape index (κ1) is 19.7. The third-order valence-corrected chi connectivity index (χ3v) is 5.84. The van der Waals surface area contributed by atoms with E-state index < -0.39 is 5.82 Å². The summed E-state index contributed by atoms with van der Waals surface area (Å²) in [6.07, 6.45) is 5.74. The van der Waals surface area contributed by atoms with E-state index in [4.69, 9.17) is 5.84 Å². The summed E-state index contributed by atoms with van der Waals surface area (Å²) < 4.78 is 15.2. The molecule has 1 saturated carbocycles. The largest absolute Gasteiger partial charge is 0.337 e. The lowest BCUT2D eigenvalue weighted by Crippen LogP contribution is -2.46. The van der Waals surface area contributed by atoms with E-state index in [-0.39, 0.29) is 29.1 Å². The summed E-state index contributed by atoms with van der Waals surface area (Å²) in [6, 6.07) is 6.75. The number of halogens is 1. The topological polar surface area (TPSA) is 77.0 Å². The summed E-state index contributed by atoms with van der Waals surface area (Å²) in [5.74, 6) is 6.20. The van der Waals surface area contributed by atoms with Gasteiger partial charge in [0.25, 0.3) is 0 Å². The van der Waals surface area contributed by atoms with E-state index in [0.717, 1.165) is 12.8 Å². The number of rotatable bonds is 6. The Hall–Kier alpha value is -2.09. The summed E-state index contributed by atoms with van der Waals surface area (Å²) in [4.78, 5) is 14.8. The van der Waals surface area contributed by atoms with E-state index in [1.54, 1.807) is 18.2 Å². The van der Waals surface area contributed by atoms with E-state index in [1.807, 2.05) is 4.90 Å².